The summed E-state index contributed by atoms with van der Waals surface area (Å²) in [6, 6.07) is 0. The first-order valence-corrected chi connectivity index (χ1v) is 4.74. The van der Waals surface area contributed by atoms with Crippen LogP contribution in [0.1, 0.15) is 6.92 Å². The monoisotopic (exact) mass is 168 g/mol. The molecule has 0 amide bonds. The molecule has 0 spiro atoms. The van der Waals surface area contributed by atoms with Crippen molar-refractivity contribution in [3.05, 3.63) is 0 Å². The summed E-state index contributed by atoms with van der Waals surface area (Å²) < 4.78 is 16.1. The zero-order valence-corrected chi connectivity index (χ0v) is 6.74. The molecule has 0 aromatic carbocycles. The highest BCUT2D eigenvalue weighted by Crippen LogP contribution is 2.14. The van der Waals surface area contributed by atoms with Gasteiger partial charge in [0.05, 0.1) is 22.7 Å². The van der Waals surface area contributed by atoms with E-state index in [-0.39, 0.29) is 11.5 Å². The van der Waals surface area contributed by atoms with Crippen LogP contribution in [-0.2, 0) is 15.5 Å². The maximum atomic E-state index is 10.9. The standard InChI is InChI=1S/C5H9ClO2S/c1-4-8-5(2-6)3-9(4)7/h4-5H,2-3H2,1H3/t4-,5-,9?/m1/s1. The average molecular weight is 169 g/mol. The molecular weight excluding hydrogens is 160 g/mol. The van der Waals surface area contributed by atoms with Crippen molar-refractivity contribution in [2.24, 2.45) is 0 Å². The molecule has 1 aliphatic rings. The van der Waals surface area contributed by atoms with Crippen molar-refractivity contribution in [2.45, 2.75) is 18.5 Å². The van der Waals surface area contributed by atoms with Crippen LogP contribution in [0.15, 0.2) is 0 Å². The number of rotatable bonds is 1. The molecule has 0 bridgehead atoms. The van der Waals surface area contributed by atoms with Crippen molar-refractivity contribution in [1.29, 1.82) is 0 Å². The molecule has 1 heterocycles. The topological polar surface area (TPSA) is 26.3 Å². The summed E-state index contributed by atoms with van der Waals surface area (Å²) in [7, 11) is -0.804. The molecule has 1 rings (SSSR count). The normalized spacial score (nSPS) is 43.6. The van der Waals surface area contributed by atoms with Gasteiger partial charge in [0.2, 0.25) is 0 Å². The maximum Gasteiger partial charge on any atom is 0.130 e. The molecule has 0 saturated carbocycles. The lowest BCUT2D eigenvalue weighted by molar-refractivity contribution is 0.0899. The number of hydrogen-bond acceptors (Lipinski definition) is 2. The summed E-state index contributed by atoms with van der Waals surface area (Å²) >= 11 is 5.48. The van der Waals surface area contributed by atoms with Crippen molar-refractivity contribution in [2.75, 3.05) is 11.6 Å². The van der Waals surface area contributed by atoms with Gasteiger partial charge in [-0.05, 0) is 6.92 Å². The van der Waals surface area contributed by atoms with Crippen molar-refractivity contribution in [1.82, 2.24) is 0 Å². The van der Waals surface area contributed by atoms with Crippen molar-refractivity contribution < 1.29 is 8.95 Å². The van der Waals surface area contributed by atoms with Crippen LogP contribution in [0.5, 0.6) is 0 Å². The molecule has 0 N–H and O–H groups in total. The maximum absolute atomic E-state index is 10.9. The average Bonchev–Trinajstić information content (AvgIpc) is 2.13. The van der Waals surface area contributed by atoms with Crippen molar-refractivity contribution >= 4 is 22.4 Å². The molecule has 2 nitrogen and oxygen atoms in total. The summed E-state index contributed by atoms with van der Waals surface area (Å²) in [5, 5.41) is 0. The first kappa shape index (κ1) is 7.51. The van der Waals surface area contributed by atoms with Crippen LogP contribution in [-0.4, -0.2) is 27.4 Å². The fraction of sp³-hybridized carbons (Fsp3) is 1.00. The van der Waals surface area contributed by atoms with E-state index in [4.69, 9.17) is 16.3 Å². The third kappa shape index (κ3) is 1.66. The lowest BCUT2D eigenvalue weighted by Gasteiger charge is -2.02. The summed E-state index contributed by atoms with van der Waals surface area (Å²) in [6.45, 7) is 1.81. The van der Waals surface area contributed by atoms with Crippen molar-refractivity contribution in [3.8, 4) is 0 Å². The fourth-order valence-corrected chi connectivity index (χ4v) is 2.20. The minimum Gasteiger partial charge on any atom is -0.360 e. The van der Waals surface area contributed by atoms with E-state index in [1.807, 2.05) is 6.92 Å². The Labute approximate surface area is 62.0 Å². The van der Waals surface area contributed by atoms with Crippen LogP contribution >= 0.6 is 11.6 Å². The molecule has 1 unspecified atom stereocenters. The van der Waals surface area contributed by atoms with Gasteiger partial charge in [0.1, 0.15) is 5.44 Å². The molecular formula is C5H9ClO2S. The Morgan fingerprint density at radius 3 is 2.78 bits per heavy atom. The molecule has 3 atom stereocenters. The smallest absolute Gasteiger partial charge is 0.130 e. The van der Waals surface area contributed by atoms with E-state index in [0.717, 1.165) is 0 Å². The molecule has 0 aromatic rings. The van der Waals surface area contributed by atoms with E-state index < -0.39 is 10.8 Å². The number of ether oxygens (including phenoxy) is 1. The van der Waals surface area contributed by atoms with Gasteiger partial charge in [-0.25, -0.2) is 0 Å². The molecule has 0 aromatic heterocycles. The molecule has 1 saturated heterocycles. The fourth-order valence-electron chi connectivity index (χ4n) is 0.772. The van der Waals surface area contributed by atoms with Gasteiger partial charge in [0.25, 0.3) is 0 Å². The third-order valence-electron chi connectivity index (χ3n) is 1.28. The largest absolute Gasteiger partial charge is 0.360 e. The number of halogens is 1. The predicted molar refractivity (Wildman–Crippen MR) is 38.1 cm³/mol. The Hall–Kier alpha value is 0.400. The summed E-state index contributed by atoms with van der Waals surface area (Å²) in [5.74, 6) is 1.06. The molecule has 9 heavy (non-hydrogen) atoms. The van der Waals surface area contributed by atoms with Gasteiger partial charge in [-0.3, -0.25) is 4.21 Å². The lowest BCUT2D eigenvalue weighted by atomic mass is 10.5. The van der Waals surface area contributed by atoms with E-state index in [9.17, 15) is 4.21 Å². The van der Waals surface area contributed by atoms with Gasteiger partial charge >= 0.3 is 0 Å². The van der Waals surface area contributed by atoms with Crippen LogP contribution in [0.4, 0.5) is 0 Å². The Kier molecular flexibility index (Phi) is 2.50. The Morgan fingerprint density at radius 2 is 2.56 bits per heavy atom. The molecule has 1 aliphatic heterocycles. The Balaban J connectivity index is 2.44. The number of hydrogen-bond donors (Lipinski definition) is 0. The highest BCUT2D eigenvalue weighted by atomic mass is 35.5. The van der Waals surface area contributed by atoms with Gasteiger partial charge in [0.15, 0.2) is 0 Å². The Bertz CT molecular complexity index is 128. The minimum absolute atomic E-state index is 0.0162. The van der Waals surface area contributed by atoms with Gasteiger partial charge in [-0.2, -0.15) is 0 Å². The van der Waals surface area contributed by atoms with E-state index in [0.29, 0.717) is 11.6 Å². The molecule has 0 radical (unpaired) electrons. The summed E-state index contributed by atoms with van der Waals surface area (Å²) in [6.07, 6.45) is 0.0162. The third-order valence-corrected chi connectivity index (χ3v) is 3.17. The van der Waals surface area contributed by atoms with Gasteiger partial charge in [-0.15, -0.1) is 11.6 Å². The van der Waals surface area contributed by atoms with Gasteiger partial charge in [-0.1, -0.05) is 0 Å². The van der Waals surface area contributed by atoms with Crippen LogP contribution in [0.2, 0.25) is 0 Å². The SMILES string of the molecule is C[C@@H]1O[C@H](CCl)CS1=O. The molecule has 1 fully saturated rings. The van der Waals surface area contributed by atoms with Gasteiger partial charge in [0, 0.05) is 5.88 Å². The van der Waals surface area contributed by atoms with Crippen LogP contribution in [0.25, 0.3) is 0 Å². The van der Waals surface area contributed by atoms with Crippen LogP contribution in [0.3, 0.4) is 0 Å². The quantitative estimate of drug-likeness (QED) is 0.540. The minimum atomic E-state index is -0.804. The molecule has 0 aliphatic carbocycles. The van der Waals surface area contributed by atoms with E-state index in [1.165, 1.54) is 0 Å². The predicted octanol–water partition coefficient (Wildman–Crippen LogP) is 0.719. The van der Waals surface area contributed by atoms with Gasteiger partial charge < -0.3 is 4.74 Å². The molecule has 4 heteroatoms. The Morgan fingerprint density at radius 1 is 1.89 bits per heavy atom. The highest BCUT2D eigenvalue weighted by molar-refractivity contribution is 7.85. The zero-order valence-electron chi connectivity index (χ0n) is 5.17. The zero-order chi connectivity index (χ0) is 6.85. The van der Waals surface area contributed by atoms with E-state index >= 15 is 0 Å². The second kappa shape index (κ2) is 2.99. The lowest BCUT2D eigenvalue weighted by Crippen LogP contribution is -2.11. The highest BCUT2D eigenvalue weighted by Gasteiger charge is 2.27. The van der Waals surface area contributed by atoms with E-state index in [2.05, 4.69) is 0 Å². The second-order valence-electron chi connectivity index (χ2n) is 2.03. The number of alkyl halides is 1. The summed E-state index contributed by atoms with van der Waals surface area (Å²) in [5.41, 5.74) is -0.117. The first-order valence-electron chi connectivity index (χ1n) is 2.82. The van der Waals surface area contributed by atoms with Crippen LogP contribution < -0.4 is 0 Å². The van der Waals surface area contributed by atoms with E-state index in [1.54, 1.807) is 0 Å². The summed E-state index contributed by atoms with van der Waals surface area (Å²) in [4.78, 5) is 0. The van der Waals surface area contributed by atoms with Crippen molar-refractivity contribution in [3.63, 3.8) is 0 Å². The molecule has 54 valence electrons. The second-order valence-corrected chi connectivity index (χ2v) is 4.09. The van der Waals surface area contributed by atoms with Crippen LogP contribution in [0, 0.1) is 0 Å². The first-order chi connectivity index (χ1) is 4.24.